The van der Waals surface area contributed by atoms with Crippen molar-refractivity contribution in [3.63, 3.8) is 0 Å². The second kappa shape index (κ2) is 6.40. The minimum absolute atomic E-state index is 0.00181. The highest BCUT2D eigenvalue weighted by atomic mass is 16.5. The Bertz CT molecular complexity index is 888. The number of ether oxygens (including phenoxy) is 1. The predicted octanol–water partition coefficient (Wildman–Crippen LogP) is 1.07. The quantitative estimate of drug-likeness (QED) is 0.694. The van der Waals surface area contributed by atoms with Gasteiger partial charge < -0.3 is 14.2 Å². The van der Waals surface area contributed by atoms with Gasteiger partial charge in [0.2, 0.25) is 5.89 Å². The lowest BCUT2D eigenvalue weighted by atomic mass is 10.2. The van der Waals surface area contributed by atoms with E-state index >= 15 is 0 Å². The molecule has 132 valence electrons. The molecule has 4 rings (SSSR count). The molecule has 0 aromatic carbocycles. The van der Waals surface area contributed by atoms with Crippen LogP contribution in [0.5, 0.6) is 0 Å². The number of morpholine rings is 1. The summed E-state index contributed by atoms with van der Waals surface area (Å²) < 4.78 is 12.9. The van der Waals surface area contributed by atoms with Gasteiger partial charge in [0.25, 0.3) is 0 Å². The maximum Gasteiger partial charge on any atom is 0.226 e. The van der Waals surface area contributed by atoms with Gasteiger partial charge in [-0.05, 0) is 6.92 Å². The fraction of sp³-hybridized carbons (Fsp3) is 0.562. The van der Waals surface area contributed by atoms with Crippen LogP contribution < -0.4 is 4.90 Å². The maximum absolute atomic E-state index is 5.90. The first-order valence-electron chi connectivity index (χ1n) is 8.48. The van der Waals surface area contributed by atoms with E-state index in [1.165, 1.54) is 0 Å². The van der Waals surface area contributed by atoms with Crippen molar-refractivity contribution < 1.29 is 9.26 Å². The molecule has 4 heterocycles. The van der Waals surface area contributed by atoms with Gasteiger partial charge in [-0.2, -0.15) is 10.1 Å². The van der Waals surface area contributed by atoms with Gasteiger partial charge in [0.15, 0.2) is 11.5 Å². The highest BCUT2D eigenvalue weighted by Crippen LogP contribution is 2.25. The highest BCUT2D eigenvalue weighted by Gasteiger charge is 2.25. The van der Waals surface area contributed by atoms with E-state index in [4.69, 9.17) is 9.26 Å². The van der Waals surface area contributed by atoms with Gasteiger partial charge in [0.1, 0.15) is 11.6 Å². The number of aromatic nitrogens is 6. The van der Waals surface area contributed by atoms with E-state index < -0.39 is 0 Å². The van der Waals surface area contributed by atoms with Crippen LogP contribution in [0.2, 0.25) is 0 Å². The van der Waals surface area contributed by atoms with Crippen molar-refractivity contribution in [1.29, 1.82) is 0 Å². The predicted molar refractivity (Wildman–Crippen MR) is 90.4 cm³/mol. The Morgan fingerprint density at radius 3 is 2.96 bits per heavy atom. The zero-order valence-corrected chi connectivity index (χ0v) is 14.6. The molecule has 25 heavy (non-hydrogen) atoms. The van der Waals surface area contributed by atoms with E-state index in [1.54, 1.807) is 4.68 Å². The Kier molecular flexibility index (Phi) is 4.08. The Balaban J connectivity index is 1.57. The summed E-state index contributed by atoms with van der Waals surface area (Å²) in [5.41, 5.74) is 0.844. The van der Waals surface area contributed by atoms with Crippen molar-refractivity contribution >= 4 is 16.9 Å². The van der Waals surface area contributed by atoms with Crippen molar-refractivity contribution in [1.82, 2.24) is 29.9 Å². The fourth-order valence-corrected chi connectivity index (χ4v) is 3.11. The van der Waals surface area contributed by atoms with Crippen molar-refractivity contribution in [2.45, 2.75) is 32.8 Å². The van der Waals surface area contributed by atoms with Gasteiger partial charge >= 0.3 is 0 Å². The molecular weight excluding hydrogens is 322 g/mol. The Morgan fingerprint density at radius 1 is 1.28 bits per heavy atom. The summed E-state index contributed by atoms with van der Waals surface area (Å²) in [6.45, 7) is 6.03. The number of aryl methyl sites for hydroxylation is 3. The van der Waals surface area contributed by atoms with E-state index in [-0.39, 0.29) is 6.10 Å². The lowest BCUT2D eigenvalue weighted by molar-refractivity contribution is 0.0393. The lowest BCUT2D eigenvalue weighted by Gasteiger charge is -2.33. The molecule has 0 radical (unpaired) electrons. The molecule has 1 unspecified atom stereocenters. The minimum atomic E-state index is -0.00181. The molecule has 0 spiro atoms. The zero-order valence-electron chi connectivity index (χ0n) is 14.6. The molecule has 1 atom stereocenters. The molecule has 1 saturated heterocycles. The molecule has 0 aliphatic carbocycles. The van der Waals surface area contributed by atoms with Crippen LogP contribution in [0.4, 0.5) is 5.82 Å². The van der Waals surface area contributed by atoms with Crippen molar-refractivity contribution in [3.05, 3.63) is 23.7 Å². The summed E-state index contributed by atoms with van der Waals surface area (Å²) in [7, 11) is 1.89. The largest absolute Gasteiger partial charge is 0.374 e. The summed E-state index contributed by atoms with van der Waals surface area (Å²) in [6.07, 6.45) is 3.18. The van der Waals surface area contributed by atoms with E-state index in [1.807, 2.05) is 27.1 Å². The average Bonchev–Trinajstić information content (AvgIpc) is 3.21. The lowest BCUT2D eigenvalue weighted by Crippen LogP contribution is -2.44. The number of rotatable bonds is 4. The van der Waals surface area contributed by atoms with Gasteiger partial charge in [-0.3, -0.25) is 4.68 Å². The molecule has 1 fully saturated rings. The first kappa shape index (κ1) is 15.9. The van der Waals surface area contributed by atoms with E-state index in [9.17, 15) is 0 Å². The normalized spacial score (nSPS) is 18.2. The molecular formula is C16H21N7O2. The third-order valence-corrected chi connectivity index (χ3v) is 4.34. The first-order chi connectivity index (χ1) is 12.1. The number of fused-ring (bicyclic) bond motifs is 1. The van der Waals surface area contributed by atoms with Gasteiger partial charge in [-0.15, -0.1) is 0 Å². The summed E-state index contributed by atoms with van der Waals surface area (Å²) >= 11 is 0. The molecule has 0 bridgehead atoms. The van der Waals surface area contributed by atoms with Gasteiger partial charge in [0, 0.05) is 33.0 Å². The van der Waals surface area contributed by atoms with E-state index in [0.717, 1.165) is 42.2 Å². The van der Waals surface area contributed by atoms with Crippen molar-refractivity contribution in [2.24, 2.45) is 7.05 Å². The van der Waals surface area contributed by atoms with Crippen LogP contribution in [-0.4, -0.2) is 55.7 Å². The highest BCUT2D eigenvalue weighted by molar-refractivity contribution is 5.87. The summed E-state index contributed by atoms with van der Waals surface area (Å²) in [5.74, 6) is 2.99. The molecule has 1 aliphatic rings. The zero-order chi connectivity index (χ0) is 17.4. The maximum atomic E-state index is 5.90. The van der Waals surface area contributed by atoms with Crippen LogP contribution in [0.25, 0.3) is 11.0 Å². The topological polar surface area (TPSA) is 95.0 Å². The molecule has 3 aromatic heterocycles. The molecule has 1 aliphatic heterocycles. The van der Waals surface area contributed by atoms with Crippen LogP contribution in [-0.2, 0) is 24.6 Å². The first-order valence-corrected chi connectivity index (χ1v) is 8.48. The Hall–Kier alpha value is -2.55. The van der Waals surface area contributed by atoms with Crippen molar-refractivity contribution in [2.75, 3.05) is 24.6 Å². The molecule has 0 saturated carbocycles. The van der Waals surface area contributed by atoms with Crippen LogP contribution in [0.1, 0.15) is 24.5 Å². The van der Waals surface area contributed by atoms with Crippen molar-refractivity contribution in [3.8, 4) is 0 Å². The second-order valence-corrected chi connectivity index (χ2v) is 6.20. The van der Waals surface area contributed by atoms with Crippen LogP contribution >= 0.6 is 0 Å². The van der Waals surface area contributed by atoms with Gasteiger partial charge in [-0.1, -0.05) is 12.1 Å². The van der Waals surface area contributed by atoms with E-state index in [0.29, 0.717) is 24.7 Å². The van der Waals surface area contributed by atoms with Crippen LogP contribution in [0, 0.1) is 6.92 Å². The standard InChI is InChI=1S/C16H21N7O2/c1-4-14-20-13(21-25-14)7-11-9-23(5-6-24-11)16-12-8-17-22(3)15(12)18-10(2)19-16/h8,11H,4-7,9H2,1-3H3. The Labute approximate surface area is 145 Å². The second-order valence-electron chi connectivity index (χ2n) is 6.20. The molecule has 0 N–H and O–H groups in total. The summed E-state index contributed by atoms with van der Waals surface area (Å²) in [4.78, 5) is 15.7. The summed E-state index contributed by atoms with van der Waals surface area (Å²) in [5, 5.41) is 9.30. The smallest absolute Gasteiger partial charge is 0.226 e. The molecule has 3 aromatic rings. The van der Waals surface area contributed by atoms with Gasteiger partial charge in [0.05, 0.1) is 24.3 Å². The average molecular weight is 343 g/mol. The van der Waals surface area contributed by atoms with Crippen LogP contribution in [0.3, 0.4) is 0 Å². The van der Waals surface area contributed by atoms with Gasteiger partial charge in [-0.25, -0.2) is 9.97 Å². The van der Waals surface area contributed by atoms with Crippen LogP contribution in [0.15, 0.2) is 10.7 Å². The van der Waals surface area contributed by atoms with E-state index in [2.05, 4.69) is 30.1 Å². The SMILES string of the molecule is CCc1nc(CC2CN(c3nc(C)nc4c3cnn4C)CCO2)no1. The number of nitrogens with zero attached hydrogens (tertiary/aromatic N) is 7. The molecule has 0 amide bonds. The monoisotopic (exact) mass is 343 g/mol. The minimum Gasteiger partial charge on any atom is -0.374 e. The molecule has 9 heteroatoms. The Morgan fingerprint density at radius 2 is 2.16 bits per heavy atom. The third kappa shape index (κ3) is 3.07. The number of hydrogen-bond acceptors (Lipinski definition) is 8. The summed E-state index contributed by atoms with van der Waals surface area (Å²) in [6, 6.07) is 0. The molecule has 9 nitrogen and oxygen atoms in total. The number of anilines is 1. The third-order valence-electron chi connectivity index (χ3n) is 4.34. The fourth-order valence-electron chi connectivity index (χ4n) is 3.11. The number of hydrogen-bond donors (Lipinski definition) is 0.